The van der Waals surface area contributed by atoms with Crippen molar-refractivity contribution < 1.29 is 0 Å². The van der Waals surface area contributed by atoms with Crippen molar-refractivity contribution in [2.24, 2.45) is 53.1 Å². The van der Waals surface area contributed by atoms with Crippen molar-refractivity contribution in [3.05, 3.63) is 81.7 Å². The molecule has 2 nitrogen and oxygen atoms in total. The molecular formula is C47H72N2. The number of hydrogen-bond acceptors (Lipinski definition) is 2. The Bertz CT molecular complexity index is 1340. The number of allylic oxidation sites excluding steroid dienone is 12. The molecule has 0 aromatic rings. The topological polar surface area (TPSA) is 29.3 Å². The molecule has 8 unspecified atom stereocenters. The highest BCUT2D eigenvalue weighted by Gasteiger charge is 2.36. The van der Waals surface area contributed by atoms with E-state index in [9.17, 15) is 0 Å². The molecule has 8 atom stereocenters. The van der Waals surface area contributed by atoms with Crippen molar-refractivity contribution in [3.63, 3.8) is 0 Å². The molecule has 0 aromatic heterocycles. The van der Waals surface area contributed by atoms with E-state index in [-0.39, 0.29) is 0 Å². The quantitative estimate of drug-likeness (QED) is 0.274. The van der Waals surface area contributed by atoms with Crippen molar-refractivity contribution in [2.45, 2.75) is 144 Å². The predicted molar refractivity (Wildman–Crippen MR) is 212 cm³/mol. The van der Waals surface area contributed by atoms with Gasteiger partial charge in [0.15, 0.2) is 0 Å². The van der Waals surface area contributed by atoms with Crippen LogP contribution in [0.4, 0.5) is 0 Å². The Morgan fingerprint density at radius 2 is 1.76 bits per heavy atom. The molecule has 5 aliphatic carbocycles. The average Bonchev–Trinajstić information content (AvgIpc) is 3.16. The lowest BCUT2D eigenvalue weighted by Crippen LogP contribution is -2.37. The molecule has 1 fully saturated rings. The van der Waals surface area contributed by atoms with Crippen LogP contribution in [-0.2, 0) is 0 Å². The van der Waals surface area contributed by atoms with Crippen LogP contribution in [0.2, 0.25) is 0 Å². The summed E-state index contributed by atoms with van der Waals surface area (Å²) in [5.41, 5.74) is 18.5. The number of fused-ring (bicyclic) bond motifs is 1. The Kier molecular flexibility index (Phi) is 13.1. The normalized spacial score (nSPS) is 37.6. The number of nitrogens with zero attached hydrogens (tertiary/aromatic N) is 1. The van der Waals surface area contributed by atoms with Gasteiger partial charge >= 0.3 is 0 Å². The van der Waals surface area contributed by atoms with Gasteiger partial charge in [-0.05, 0) is 181 Å². The van der Waals surface area contributed by atoms with Crippen LogP contribution < -0.4 is 5.73 Å². The minimum absolute atomic E-state index is 0.607. The van der Waals surface area contributed by atoms with Crippen LogP contribution in [0.15, 0.2) is 81.7 Å². The fourth-order valence-corrected chi connectivity index (χ4v) is 11.1. The van der Waals surface area contributed by atoms with Gasteiger partial charge in [0.2, 0.25) is 0 Å². The zero-order valence-corrected chi connectivity index (χ0v) is 32.3. The Morgan fingerprint density at radius 3 is 2.49 bits per heavy atom. The monoisotopic (exact) mass is 665 g/mol. The van der Waals surface area contributed by atoms with Crippen molar-refractivity contribution in [1.29, 1.82) is 0 Å². The minimum atomic E-state index is 0.607. The van der Waals surface area contributed by atoms with E-state index < -0.39 is 0 Å². The molecule has 0 aromatic carbocycles. The zero-order valence-electron chi connectivity index (χ0n) is 32.3. The lowest BCUT2D eigenvalue weighted by Gasteiger charge is -2.41. The van der Waals surface area contributed by atoms with Crippen LogP contribution in [0.3, 0.4) is 0 Å². The molecule has 0 spiro atoms. The van der Waals surface area contributed by atoms with Gasteiger partial charge in [0.05, 0.1) is 0 Å². The van der Waals surface area contributed by atoms with Crippen molar-refractivity contribution >= 4 is 0 Å². The van der Waals surface area contributed by atoms with Crippen LogP contribution in [0.5, 0.6) is 0 Å². The van der Waals surface area contributed by atoms with E-state index >= 15 is 0 Å². The second-order valence-electron chi connectivity index (χ2n) is 17.3. The van der Waals surface area contributed by atoms with Crippen molar-refractivity contribution in [1.82, 2.24) is 4.90 Å². The molecule has 1 heterocycles. The first-order valence-electron chi connectivity index (χ1n) is 21.2. The third-order valence-corrected chi connectivity index (χ3v) is 14.5. The summed E-state index contributed by atoms with van der Waals surface area (Å²) in [6.45, 7) is 15.2. The van der Waals surface area contributed by atoms with E-state index in [0.29, 0.717) is 41.4 Å². The van der Waals surface area contributed by atoms with Crippen LogP contribution in [0, 0.1) is 47.3 Å². The van der Waals surface area contributed by atoms with E-state index in [0.717, 1.165) is 25.6 Å². The standard InChI is InChI=1S/C47H72N2/c1-6-14-47(43-18-11-8-15-34(43)4)49-31-42(39-25-23-38(24-26-39)36(7-2)30-48)22-21-33(3)35(5)44-19-12-13-20-45(44)46(32-49)41-28-27-37-16-9-10-17-40(37)29-41/h6,11,14,18,21,23,25,34-36,38-39,41-42,44H,7-10,12-13,15-17,19-20,22,24,26-32,48H2,1-5H3/b14-6-,33-21+,46-45+,47-43+. The van der Waals surface area contributed by atoms with Gasteiger partial charge in [-0.2, -0.15) is 0 Å². The summed E-state index contributed by atoms with van der Waals surface area (Å²) in [5.74, 6) is 5.21. The van der Waals surface area contributed by atoms with Gasteiger partial charge in [0, 0.05) is 18.8 Å². The van der Waals surface area contributed by atoms with Crippen molar-refractivity contribution in [2.75, 3.05) is 19.6 Å². The summed E-state index contributed by atoms with van der Waals surface area (Å²) >= 11 is 0. The third-order valence-electron chi connectivity index (χ3n) is 14.5. The van der Waals surface area contributed by atoms with Gasteiger partial charge in [0.25, 0.3) is 0 Å². The van der Waals surface area contributed by atoms with Crippen LogP contribution in [0.1, 0.15) is 144 Å². The minimum Gasteiger partial charge on any atom is -0.367 e. The maximum absolute atomic E-state index is 6.25. The van der Waals surface area contributed by atoms with Crippen LogP contribution in [-0.4, -0.2) is 24.5 Å². The fourth-order valence-electron chi connectivity index (χ4n) is 11.1. The van der Waals surface area contributed by atoms with E-state index in [1.54, 1.807) is 11.1 Å². The maximum atomic E-state index is 6.25. The Morgan fingerprint density at radius 1 is 0.939 bits per heavy atom. The molecule has 6 rings (SSSR count). The number of rotatable bonds is 7. The number of nitrogens with two attached hydrogens (primary N) is 1. The van der Waals surface area contributed by atoms with E-state index in [2.05, 4.69) is 82.1 Å². The second-order valence-corrected chi connectivity index (χ2v) is 17.3. The highest BCUT2D eigenvalue weighted by molar-refractivity contribution is 5.38. The summed E-state index contributed by atoms with van der Waals surface area (Å²) in [4.78, 5) is 2.96. The van der Waals surface area contributed by atoms with Crippen LogP contribution >= 0.6 is 0 Å². The number of hydrogen-bond donors (Lipinski definition) is 1. The molecule has 6 aliphatic rings. The van der Waals surface area contributed by atoms with E-state index in [1.807, 2.05) is 22.3 Å². The molecule has 270 valence electrons. The summed E-state index contributed by atoms with van der Waals surface area (Å²) in [7, 11) is 0. The van der Waals surface area contributed by atoms with Gasteiger partial charge in [-0.25, -0.2) is 0 Å². The molecule has 0 bridgehead atoms. The average molecular weight is 665 g/mol. The predicted octanol–water partition coefficient (Wildman–Crippen LogP) is 12.4. The van der Waals surface area contributed by atoms with Gasteiger partial charge in [-0.1, -0.05) is 92.4 Å². The molecule has 2 heteroatoms. The van der Waals surface area contributed by atoms with Gasteiger partial charge in [0.1, 0.15) is 0 Å². The van der Waals surface area contributed by atoms with E-state index in [4.69, 9.17) is 5.73 Å². The molecule has 1 aliphatic heterocycles. The van der Waals surface area contributed by atoms with Gasteiger partial charge in [-0.3, -0.25) is 0 Å². The van der Waals surface area contributed by atoms with Gasteiger partial charge in [-0.15, -0.1) is 0 Å². The lowest BCUT2D eigenvalue weighted by molar-refractivity contribution is 0.227. The van der Waals surface area contributed by atoms with Gasteiger partial charge < -0.3 is 10.6 Å². The SMILES string of the molecule is C/C=C\C(=C1\C=CCCC1C)N1C/C(C2CCC3=C(CCCC3)C2)=C2/CCCCC2C(C)/C(C)=C/CC(C2C=CC(C(CC)CN)CC2)C1. The molecular weight excluding hydrogens is 593 g/mol. The first-order chi connectivity index (χ1) is 23.9. The Hall–Kier alpha value is -2.06. The smallest absolute Gasteiger partial charge is 0.0401 e. The highest BCUT2D eigenvalue weighted by Crippen LogP contribution is 2.47. The largest absolute Gasteiger partial charge is 0.367 e. The molecule has 2 N–H and O–H groups in total. The third kappa shape index (κ3) is 8.54. The van der Waals surface area contributed by atoms with Crippen LogP contribution in [0.25, 0.3) is 0 Å². The molecule has 0 amide bonds. The summed E-state index contributed by atoms with van der Waals surface area (Å²) in [5, 5.41) is 0. The first-order valence-corrected chi connectivity index (χ1v) is 21.2. The molecule has 0 radical (unpaired) electrons. The van der Waals surface area contributed by atoms with Crippen molar-refractivity contribution in [3.8, 4) is 0 Å². The Labute approximate surface area is 302 Å². The van der Waals surface area contributed by atoms with E-state index in [1.165, 1.54) is 115 Å². The lowest BCUT2D eigenvalue weighted by atomic mass is 9.68. The maximum Gasteiger partial charge on any atom is 0.0401 e. The fraction of sp³-hybridized carbons (Fsp3) is 0.702. The Balaban J connectivity index is 1.46. The molecule has 0 saturated heterocycles. The highest BCUT2D eigenvalue weighted by atomic mass is 15.1. The molecule has 49 heavy (non-hydrogen) atoms. The summed E-state index contributed by atoms with van der Waals surface area (Å²) in [6, 6.07) is 0. The first kappa shape index (κ1) is 36.7. The summed E-state index contributed by atoms with van der Waals surface area (Å²) < 4.78 is 0. The second kappa shape index (κ2) is 17.4. The molecule has 1 saturated carbocycles. The zero-order chi connectivity index (χ0) is 34.3. The summed E-state index contributed by atoms with van der Waals surface area (Å²) in [6.07, 6.45) is 40.4.